The van der Waals surface area contributed by atoms with Gasteiger partial charge in [0.15, 0.2) is 17.2 Å². The van der Waals surface area contributed by atoms with Gasteiger partial charge in [0.25, 0.3) is 5.92 Å². The second-order valence-corrected chi connectivity index (χ2v) is 9.96. The van der Waals surface area contributed by atoms with Gasteiger partial charge in [-0.15, -0.1) is 0 Å². The molecule has 0 unspecified atom stereocenters. The molecule has 10 nitrogen and oxygen atoms in total. The van der Waals surface area contributed by atoms with Gasteiger partial charge in [-0.05, 0) is 17.7 Å². The maximum atomic E-state index is 13.9. The van der Waals surface area contributed by atoms with Gasteiger partial charge in [-0.1, -0.05) is 17.7 Å². The number of benzene rings is 1. The molecule has 0 saturated carbocycles. The van der Waals surface area contributed by atoms with Gasteiger partial charge in [0.2, 0.25) is 5.95 Å². The van der Waals surface area contributed by atoms with Crippen LogP contribution in [-0.4, -0.2) is 55.5 Å². The number of alkyl halides is 5. The zero-order chi connectivity index (χ0) is 30.2. The number of hydrogen-bond donors (Lipinski definition) is 3. The van der Waals surface area contributed by atoms with E-state index in [0.717, 1.165) is 6.07 Å². The summed E-state index contributed by atoms with van der Waals surface area (Å²) in [6.45, 7) is -0.811. The van der Waals surface area contributed by atoms with Crippen molar-refractivity contribution in [3.8, 4) is 5.75 Å². The monoisotopic (exact) mass is 609 g/mol. The number of aromatic nitrogens is 5. The fourth-order valence-corrected chi connectivity index (χ4v) is 4.84. The van der Waals surface area contributed by atoms with Crippen molar-refractivity contribution in [1.82, 2.24) is 29.4 Å². The molecule has 0 bridgehead atoms. The summed E-state index contributed by atoms with van der Waals surface area (Å²) in [6, 6.07) is 3.62. The van der Waals surface area contributed by atoms with Crippen LogP contribution in [0.1, 0.15) is 23.2 Å². The Hall–Kier alpha value is -4.24. The first-order chi connectivity index (χ1) is 19.9. The molecule has 4 N–H and O–H groups in total. The summed E-state index contributed by atoms with van der Waals surface area (Å²) < 4.78 is 76.4. The van der Waals surface area contributed by atoms with Crippen LogP contribution in [0, 0.1) is 0 Å². The molecule has 4 aromatic rings. The summed E-state index contributed by atoms with van der Waals surface area (Å²) in [5.41, 5.74) is 5.67. The first kappa shape index (κ1) is 29.3. The standard InChI is InChI=1S/C26H25ClF5N9O/c1-34-20-11-35-17(9-36-20)18(8-33)42-19-10-37-23-22(21(19)27)40(2)24(39-23)38-15-4-3-14(16(7-15)26(30,31)32)12-41-6-5-25(28,29)13-41/h3-4,7-11H,5-6,12-13,33H2,1-2H3,(H,34,36)(H,37,38,39). The molecule has 16 heteroatoms. The highest BCUT2D eigenvalue weighted by atomic mass is 35.5. The maximum absolute atomic E-state index is 13.9. The van der Waals surface area contributed by atoms with Crippen molar-refractivity contribution >= 4 is 46.0 Å². The van der Waals surface area contributed by atoms with Gasteiger partial charge in [-0.2, -0.15) is 18.2 Å². The predicted octanol–water partition coefficient (Wildman–Crippen LogP) is 5.39. The lowest BCUT2D eigenvalue weighted by Crippen LogP contribution is -2.26. The molecule has 1 aliphatic heterocycles. The second-order valence-electron chi connectivity index (χ2n) is 9.58. The molecule has 0 atom stereocenters. The molecule has 5 rings (SSSR count). The zero-order valence-corrected chi connectivity index (χ0v) is 23.1. The molecule has 1 fully saturated rings. The molecular weight excluding hydrogens is 585 g/mol. The summed E-state index contributed by atoms with van der Waals surface area (Å²) in [5, 5.41) is 5.84. The lowest BCUT2D eigenvalue weighted by Gasteiger charge is -2.20. The molecule has 42 heavy (non-hydrogen) atoms. The third-order valence-corrected chi connectivity index (χ3v) is 7.02. The van der Waals surface area contributed by atoms with Crippen molar-refractivity contribution in [2.45, 2.75) is 25.1 Å². The predicted molar refractivity (Wildman–Crippen MR) is 147 cm³/mol. The van der Waals surface area contributed by atoms with Crippen LogP contribution in [-0.2, 0) is 19.8 Å². The number of fused-ring (bicyclic) bond motifs is 1. The summed E-state index contributed by atoms with van der Waals surface area (Å²) >= 11 is 6.63. The smallest absolute Gasteiger partial charge is 0.416 e. The van der Waals surface area contributed by atoms with E-state index in [4.69, 9.17) is 22.1 Å². The normalized spacial score (nSPS) is 15.8. The Labute approximate surface area is 241 Å². The van der Waals surface area contributed by atoms with Crippen LogP contribution in [0.5, 0.6) is 5.75 Å². The van der Waals surface area contributed by atoms with E-state index < -0.39 is 24.2 Å². The Morgan fingerprint density at radius 3 is 2.60 bits per heavy atom. The average molecular weight is 610 g/mol. The maximum Gasteiger partial charge on any atom is 0.416 e. The summed E-state index contributed by atoms with van der Waals surface area (Å²) in [4.78, 5) is 18.3. The van der Waals surface area contributed by atoms with Crippen LogP contribution in [0.25, 0.3) is 16.9 Å². The van der Waals surface area contributed by atoms with Crippen LogP contribution in [0.15, 0.2) is 43.0 Å². The fraction of sp³-hybridized carbons (Fsp3) is 0.308. The Kier molecular flexibility index (Phi) is 7.81. The molecule has 0 spiro atoms. The van der Waals surface area contributed by atoms with Crippen molar-refractivity contribution in [1.29, 1.82) is 0 Å². The Morgan fingerprint density at radius 2 is 1.98 bits per heavy atom. The highest BCUT2D eigenvalue weighted by Crippen LogP contribution is 2.38. The quantitative estimate of drug-likeness (QED) is 0.178. The number of rotatable bonds is 8. The van der Waals surface area contributed by atoms with E-state index in [1.165, 1.54) is 46.4 Å². The Bertz CT molecular complexity index is 1640. The molecule has 3 aromatic heterocycles. The SMILES string of the molecule is CNc1cnc(C(=CN)Oc2cnc3nc(Nc4ccc(CN5CCC(F)(F)C5)c(C(F)(F)F)c4)n(C)c3c2Cl)cn1. The fourth-order valence-electron chi connectivity index (χ4n) is 4.54. The Morgan fingerprint density at radius 1 is 1.19 bits per heavy atom. The van der Waals surface area contributed by atoms with Gasteiger partial charge in [-0.25, -0.2) is 23.7 Å². The number of ether oxygens (including phenoxy) is 1. The molecule has 1 aliphatic rings. The molecule has 0 aliphatic carbocycles. The van der Waals surface area contributed by atoms with Crippen LogP contribution in [0.3, 0.4) is 0 Å². The number of hydrogen-bond acceptors (Lipinski definition) is 9. The number of halogens is 6. The number of nitrogens with two attached hydrogens (primary N) is 1. The lowest BCUT2D eigenvalue weighted by molar-refractivity contribution is -0.138. The summed E-state index contributed by atoms with van der Waals surface area (Å²) in [5.74, 6) is -1.93. The molecule has 1 aromatic carbocycles. The number of anilines is 3. The van der Waals surface area contributed by atoms with Crippen molar-refractivity contribution in [3.63, 3.8) is 0 Å². The summed E-state index contributed by atoms with van der Waals surface area (Å²) in [7, 11) is 3.30. The number of likely N-dealkylation sites (tertiary alicyclic amines) is 1. The molecule has 0 radical (unpaired) electrons. The van der Waals surface area contributed by atoms with E-state index in [2.05, 4.69) is 30.6 Å². The largest absolute Gasteiger partial charge is 0.450 e. The van der Waals surface area contributed by atoms with E-state index in [0.29, 0.717) is 17.0 Å². The number of pyridine rings is 1. The minimum atomic E-state index is -4.70. The second kappa shape index (κ2) is 11.2. The van der Waals surface area contributed by atoms with Gasteiger partial charge >= 0.3 is 6.18 Å². The molecule has 4 heterocycles. The van der Waals surface area contributed by atoms with Gasteiger partial charge in [0.1, 0.15) is 22.1 Å². The van der Waals surface area contributed by atoms with Crippen LogP contribution in [0.2, 0.25) is 5.02 Å². The van der Waals surface area contributed by atoms with Gasteiger partial charge in [0.05, 0.1) is 30.7 Å². The molecular formula is C26H25ClF5N9O. The van der Waals surface area contributed by atoms with Gasteiger partial charge in [0, 0.05) is 45.5 Å². The molecule has 222 valence electrons. The van der Waals surface area contributed by atoms with Crippen molar-refractivity contribution < 1.29 is 26.7 Å². The first-order valence-electron chi connectivity index (χ1n) is 12.6. The van der Waals surface area contributed by atoms with Gasteiger partial charge < -0.3 is 25.7 Å². The minimum Gasteiger partial charge on any atom is -0.450 e. The topological polar surface area (TPSA) is 119 Å². The number of imidazole rings is 1. The summed E-state index contributed by atoms with van der Waals surface area (Å²) in [6.07, 6.45) is 0.384. The van der Waals surface area contributed by atoms with E-state index >= 15 is 0 Å². The van der Waals surface area contributed by atoms with E-state index in [-0.39, 0.29) is 58.9 Å². The average Bonchev–Trinajstić information content (AvgIpc) is 3.46. The Balaban J connectivity index is 1.41. The van der Waals surface area contributed by atoms with E-state index in [9.17, 15) is 22.0 Å². The zero-order valence-electron chi connectivity index (χ0n) is 22.3. The van der Waals surface area contributed by atoms with Crippen LogP contribution in [0.4, 0.5) is 39.4 Å². The van der Waals surface area contributed by atoms with Crippen LogP contribution >= 0.6 is 11.6 Å². The van der Waals surface area contributed by atoms with Crippen molar-refractivity contribution in [3.05, 3.63) is 64.8 Å². The van der Waals surface area contributed by atoms with E-state index in [1.807, 2.05) is 0 Å². The van der Waals surface area contributed by atoms with Gasteiger partial charge in [-0.3, -0.25) is 4.90 Å². The van der Waals surface area contributed by atoms with Crippen molar-refractivity contribution in [2.24, 2.45) is 12.8 Å². The van der Waals surface area contributed by atoms with Crippen molar-refractivity contribution in [2.75, 3.05) is 30.8 Å². The highest BCUT2D eigenvalue weighted by Gasteiger charge is 2.40. The molecule has 1 saturated heterocycles. The third-order valence-electron chi connectivity index (χ3n) is 6.65. The van der Waals surface area contributed by atoms with E-state index in [1.54, 1.807) is 14.1 Å². The minimum absolute atomic E-state index is 0.0161. The number of nitrogens with one attached hydrogen (secondary N) is 2. The lowest BCUT2D eigenvalue weighted by atomic mass is 10.1. The number of aryl methyl sites for hydroxylation is 1. The highest BCUT2D eigenvalue weighted by molar-refractivity contribution is 6.36. The molecule has 0 amide bonds. The first-order valence-corrected chi connectivity index (χ1v) is 12.9. The van der Waals surface area contributed by atoms with Crippen LogP contribution < -0.4 is 21.1 Å². The third kappa shape index (κ3) is 6.01. The number of nitrogens with zero attached hydrogens (tertiary/aromatic N) is 6.